The lowest BCUT2D eigenvalue weighted by Gasteiger charge is -2.42. The van der Waals surface area contributed by atoms with Crippen molar-refractivity contribution in [3.63, 3.8) is 0 Å². The summed E-state index contributed by atoms with van der Waals surface area (Å²) in [5, 5.41) is 19.6. The zero-order chi connectivity index (χ0) is 29.8. The summed E-state index contributed by atoms with van der Waals surface area (Å²) in [7, 11) is 0. The molecule has 41 heavy (non-hydrogen) atoms. The fourth-order valence-electron chi connectivity index (χ4n) is 4.00. The number of hydrogen-bond acceptors (Lipinski definition) is 6. The molecule has 1 aliphatic carbocycles. The van der Waals surface area contributed by atoms with E-state index in [-0.39, 0.29) is 31.0 Å². The predicted octanol–water partition coefficient (Wildman–Crippen LogP) is 6.49. The highest BCUT2D eigenvalue weighted by Gasteiger charge is 2.37. The number of carboxylic acids is 1. The average molecular weight is 624 g/mol. The van der Waals surface area contributed by atoms with Crippen LogP contribution in [0.2, 0.25) is 10.0 Å². The minimum Gasteiger partial charge on any atom is -0.481 e. The van der Waals surface area contributed by atoms with Crippen molar-refractivity contribution in [3.05, 3.63) is 100 Å². The van der Waals surface area contributed by atoms with E-state index < -0.39 is 12.0 Å². The highest BCUT2D eigenvalue weighted by Crippen LogP contribution is 2.39. The van der Waals surface area contributed by atoms with Crippen LogP contribution in [0.3, 0.4) is 0 Å². The second kappa shape index (κ2) is 16.6. The fourth-order valence-corrected chi connectivity index (χ4v) is 5.48. The van der Waals surface area contributed by atoms with Crippen LogP contribution in [-0.4, -0.2) is 64.6 Å². The number of aliphatic hydroxyl groups is 1. The Kier molecular flexibility index (Phi) is 13.2. The quantitative estimate of drug-likeness (QED) is 0.278. The van der Waals surface area contributed by atoms with Crippen molar-refractivity contribution in [2.75, 3.05) is 30.7 Å². The van der Waals surface area contributed by atoms with E-state index in [9.17, 15) is 14.3 Å². The van der Waals surface area contributed by atoms with Crippen molar-refractivity contribution >= 4 is 52.7 Å². The summed E-state index contributed by atoms with van der Waals surface area (Å²) in [5.41, 5.74) is 1.77. The summed E-state index contributed by atoms with van der Waals surface area (Å²) in [4.78, 5) is 23.6. The average Bonchev–Trinajstić information content (AvgIpc) is 3.77. The molecule has 1 saturated carbocycles. The number of amides is 1. The van der Waals surface area contributed by atoms with Crippen molar-refractivity contribution in [1.29, 1.82) is 0 Å². The third-order valence-corrected chi connectivity index (χ3v) is 7.90. The van der Waals surface area contributed by atoms with Crippen molar-refractivity contribution in [1.82, 2.24) is 4.90 Å². The lowest BCUT2D eigenvalue weighted by Crippen LogP contribution is -2.54. The van der Waals surface area contributed by atoms with Crippen molar-refractivity contribution in [3.8, 4) is 0 Å². The van der Waals surface area contributed by atoms with Crippen LogP contribution in [0.5, 0.6) is 0 Å². The van der Waals surface area contributed by atoms with Gasteiger partial charge in [-0.05, 0) is 78.9 Å². The third kappa shape index (κ3) is 11.2. The number of morpholine rings is 1. The van der Waals surface area contributed by atoms with Crippen LogP contribution in [-0.2, 0) is 14.3 Å². The Labute approximate surface area is 254 Å². The third-order valence-electron chi connectivity index (χ3n) is 6.01. The van der Waals surface area contributed by atoms with Crippen molar-refractivity contribution < 1.29 is 28.9 Å². The van der Waals surface area contributed by atoms with Gasteiger partial charge in [0.15, 0.2) is 0 Å². The van der Waals surface area contributed by atoms with Gasteiger partial charge in [0.25, 0.3) is 5.97 Å². The van der Waals surface area contributed by atoms with E-state index in [4.69, 9.17) is 37.8 Å². The molecule has 2 fully saturated rings. The van der Waals surface area contributed by atoms with E-state index >= 15 is 0 Å². The molecule has 2 atom stereocenters. The molecular formula is C30H33Cl2FN2O5S. The molecule has 0 spiro atoms. The van der Waals surface area contributed by atoms with Crippen LogP contribution >= 0.6 is 35.1 Å². The van der Waals surface area contributed by atoms with E-state index in [1.54, 1.807) is 41.1 Å². The Morgan fingerprint density at radius 2 is 1.63 bits per heavy atom. The molecule has 1 aliphatic heterocycles. The number of halogens is 3. The van der Waals surface area contributed by atoms with Crippen LogP contribution in [0.1, 0.15) is 31.4 Å². The summed E-state index contributed by atoms with van der Waals surface area (Å²) in [6.45, 7) is 1.68. The molecule has 0 bridgehead atoms. The maximum atomic E-state index is 13.4. The number of carbonyl (C=O) groups excluding carboxylic acids is 1. The zero-order valence-corrected chi connectivity index (χ0v) is 24.9. The van der Waals surface area contributed by atoms with Gasteiger partial charge in [0, 0.05) is 27.9 Å². The van der Waals surface area contributed by atoms with Gasteiger partial charge in [-0.1, -0.05) is 53.5 Å². The van der Waals surface area contributed by atoms with Gasteiger partial charge in [-0.2, -0.15) is 0 Å². The largest absolute Gasteiger partial charge is 0.481 e. The van der Waals surface area contributed by atoms with Gasteiger partial charge in [0.1, 0.15) is 12.4 Å². The Morgan fingerprint density at radius 3 is 2.15 bits per heavy atom. The zero-order valence-electron chi connectivity index (χ0n) is 22.5. The molecule has 2 N–H and O–H groups in total. The predicted molar refractivity (Wildman–Crippen MR) is 162 cm³/mol. The second-order valence-corrected chi connectivity index (χ2v) is 11.6. The number of hydrogen-bond donors (Lipinski definition) is 2. The minimum atomic E-state index is -0.833. The first kappa shape index (κ1) is 32.7. The maximum absolute atomic E-state index is 13.4. The molecule has 1 saturated heterocycles. The van der Waals surface area contributed by atoms with E-state index in [0.29, 0.717) is 23.4 Å². The standard InChI is InChI=1S/C22H24ClFN2O3S.C6H5Cl.C2H4O2/c23-16-3-1-15(2-4-16)21-13-29-14-22(28)26(21)19(12-27)11-25(30-20-9-10-20)18-7-5-17(24)6-8-18;7-6-4-2-1-3-5-6;1-2(3)4/h1-8,19-21,27H,9-14H2;1-5H;1H3,(H,3,4)/t19-,21+;;/m1../s1. The smallest absolute Gasteiger partial charge is 0.300 e. The van der Waals surface area contributed by atoms with Gasteiger partial charge >= 0.3 is 0 Å². The first-order chi connectivity index (χ1) is 19.7. The molecule has 1 heterocycles. The van der Waals surface area contributed by atoms with Gasteiger partial charge < -0.3 is 24.2 Å². The monoisotopic (exact) mass is 622 g/mol. The number of rotatable bonds is 8. The van der Waals surface area contributed by atoms with Crippen molar-refractivity contribution in [2.45, 2.75) is 37.1 Å². The van der Waals surface area contributed by atoms with Crippen LogP contribution in [0.25, 0.3) is 0 Å². The molecule has 2 aliphatic rings. The van der Waals surface area contributed by atoms with Crippen molar-refractivity contribution in [2.24, 2.45) is 0 Å². The van der Waals surface area contributed by atoms with Gasteiger partial charge in [-0.15, -0.1) is 0 Å². The second-order valence-electron chi connectivity index (χ2n) is 9.38. The van der Waals surface area contributed by atoms with Crippen LogP contribution < -0.4 is 4.31 Å². The molecule has 7 nitrogen and oxygen atoms in total. The van der Waals surface area contributed by atoms with Gasteiger partial charge in [-0.25, -0.2) is 4.39 Å². The van der Waals surface area contributed by atoms with Gasteiger partial charge in [0.2, 0.25) is 5.91 Å². The van der Waals surface area contributed by atoms with E-state index in [1.165, 1.54) is 12.1 Å². The lowest BCUT2D eigenvalue weighted by molar-refractivity contribution is -0.153. The van der Waals surface area contributed by atoms with Gasteiger partial charge in [0.05, 0.1) is 31.8 Å². The number of aliphatic carboxylic acids is 1. The highest BCUT2D eigenvalue weighted by molar-refractivity contribution is 8.01. The molecule has 0 aromatic heterocycles. The Balaban J connectivity index is 0.000000353. The Morgan fingerprint density at radius 1 is 1.05 bits per heavy atom. The normalized spacial score (nSPS) is 17.0. The van der Waals surface area contributed by atoms with Crippen LogP contribution in [0.4, 0.5) is 10.1 Å². The first-order valence-electron chi connectivity index (χ1n) is 13.0. The molecule has 3 aromatic carbocycles. The highest BCUT2D eigenvalue weighted by atomic mass is 35.5. The number of anilines is 1. The number of benzene rings is 3. The number of carbonyl (C=O) groups is 2. The lowest BCUT2D eigenvalue weighted by atomic mass is 10.0. The molecule has 220 valence electrons. The number of nitrogens with zero attached hydrogens (tertiary/aromatic N) is 2. The molecule has 1 amide bonds. The molecular weight excluding hydrogens is 590 g/mol. The summed E-state index contributed by atoms with van der Waals surface area (Å²) in [5.74, 6) is -1.28. The Bertz CT molecular complexity index is 1230. The van der Waals surface area contributed by atoms with E-state index in [0.717, 1.165) is 36.0 Å². The molecule has 3 aromatic rings. The van der Waals surface area contributed by atoms with Gasteiger partial charge in [-0.3, -0.25) is 9.59 Å². The summed E-state index contributed by atoms with van der Waals surface area (Å²) >= 11 is 13.3. The first-order valence-corrected chi connectivity index (χ1v) is 14.6. The number of ether oxygens (including phenoxy) is 1. The van der Waals surface area contributed by atoms with Crippen LogP contribution in [0.15, 0.2) is 78.9 Å². The topological polar surface area (TPSA) is 90.3 Å². The summed E-state index contributed by atoms with van der Waals surface area (Å²) in [6.07, 6.45) is 2.27. The molecule has 0 radical (unpaired) electrons. The molecule has 0 unspecified atom stereocenters. The Hall–Kier alpha value is -2.82. The fraction of sp³-hybridized carbons (Fsp3) is 0.333. The molecule has 5 rings (SSSR count). The molecule has 11 heteroatoms. The van der Waals surface area contributed by atoms with Crippen LogP contribution in [0, 0.1) is 5.82 Å². The minimum absolute atomic E-state index is 0.00704. The maximum Gasteiger partial charge on any atom is 0.300 e. The number of aliphatic hydroxyl groups excluding tert-OH is 1. The summed E-state index contributed by atoms with van der Waals surface area (Å²) < 4.78 is 21.0. The van der Waals surface area contributed by atoms with E-state index in [1.807, 2.05) is 42.5 Å². The number of carboxylic acid groups (broad SMARTS) is 1. The summed E-state index contributed by atoms with van der Waals surface area (Å²) in [6, 6.07) is 22.4. The SMILES string of the molecule is CC(=O)O.Clc1ccccc1.O=C1COC[C@@H](c2ccc(Cl)cc2)N1[C@@H](CO)CN(SC1CC1)c1ccc(F)cc1. The van der Waals surface area contributed by atoms with E-state index in [2.05, 4.69) is 4.31 Å².